The summed E-state index contributed by atoms with van der Waals surface area (Å²) >= 11 is 13.7. The number of halogens is 2. The Morgan fingerprint density at radius 2 is 1.75 bits per heavy atom. The summed E-state index contributed by atoms with van der Waals surface area (Å²) in [6, 6.07) is 15.5. The van der Waals surface area contributed by atoms with Crippen molar-refractivity contribution in [1.29, 1.82) is 0 Å². The molecule has 0 fully saturated rings. The van der Waals surface area contributed by atoms with Crippen LogP contribution < -0.4 is 9.46 Å². The molecule has 0 aliphatic rings. The van der Waals surface area contributed by atoms with Gasteiger partial charge in [0.05, 0.1) is 27.4 Å². The summed E-state index contributed by atoms with van der Waals surface area (Å²) in [7, 11) is -3.70. The van der Waals surface area contributed by atoms with Gasteiger partial charge in [-0.2, -0.15) is 0 Å². The van der Waals surface area contributed by atoms with Gasteiger partial charge in [0.25, 0.3) is 10.0 Å². The van der Waals surface area contributed by atoms with E-state index < -0.39 is 10.0 Å². The molecule has 2 aromatic carbocycles. The lowest BCUT2D eigenvalue weighted by Gasteiger charge is -2.13. The number of ether oxygens (including phenoxy) is 1. The Bertz CT molecular complexity index is 1240. The molecule has 9 heteroatoms. The number of benzene rings is 2. The van der Waals surface area contributed by atoms with Crippen LogP contribution in [0.25, 0.3) is 10.9 Å². The average Bonchev–Trinajstić information content (AvgIpc) is 3.20. The van der Waals surface area contributed by atoms with Crippen LogP contribution >= 0.6 is 34.5 Å². The lowest BCUT2D eigenvalue weighted by Crippen LogP contribution is -2.11. The zero-order chi connectivity index (χ0) is 19.7. The van der Waals surface area contributed by atoms with Crippen molar-refractivity contribution in [3.05, 3.63) is 76.2 Å². The van der Waals surface area contributed by atoms with Gasteiger partial charge in [-0.05, 0) is 35.7 Å². The molecule has 1 N–H and O–H groups in total. The standard InChI is InChI=1S/C19H12Cl2N2O3S2/c20-15-9-13(23-28(24,25)18-6-3-7-27-18)10-16(21)19(15)26-14-8-12-4-1-2-5-17(12)22-11-14/h1-11,23H. The molecule has 0 aliphatic heterocycles. The summed E-state index contributed by atoms with van der Waals surface area (Å²) in [5.41, 5.74) is 1.08. The molecule has 28 heavy (non-hydrogen) atoms. The van der Waals surface area contributed by atoms with Crippen LogP contribution in [-0.4, -0.2) is 13.4 Å². The maximum Gasteiger partial charge on any atom is 0.271 e. The molecule has 4 aromatic rings. The summed E-state index contributed by atoms with van der Waals surface area (Å²) in [6.07, 6.45) is 1.57. The Hall–Kier alpha value is -2.32. The Kier molecular flexibility index (Phi) is 5.16. The van der Waals surface area contributed by atoms with E-state index in [1.807, 2.05) is 30.3 Å². The number of hydrogen-bond acceptors (Lipinski definition) is 5. The van der Waals surface area contributed by atoms with Gasteiger partial charge in [0.1, 0.15) is 9.96 Å². The van der Waals surface area contributed by atoms with Crippen molar-refractivity contribution in [2.75, 3.05) is 4.72 Å². The predicted molar refractivity (Wildman–Crippen MR) is 113 cm³/mol. The molecule has 0 amide bonds. The monoisotopic (exact) mass is 450 g/mol. The topological polar surface area (TPSA) is 68.3 Å². The van der Waals surface area contributed by atoms with Gasteiger partial charge >= 0.3 is 0 Å². The Labute approximate surface area is 175 Å². The second-order valence-corrected chi connectivity index (χ2v) is 9.44. The predicted octanol–water partition coefficient (Wildman–Crippen LogP) is 6.20. The lowest BCUT2D eigenvalue weighted by atomic mass is 10.2. The van der Waals surface area contributed by atoms with Gasteiger partial charge in [-0.15, -0.1) is 11.3 Å². The minimum absolute atomic E-state index is 0.171. The Balaban J connectivity index is 1.62. The first-order valence-electron chi connectivity index (χ1n) is 8.00. The van der Waals surface area contributed by atoms with E-state index in [-0.39, 0.29) is 25.7 Å². The normalized spacial score (nSPS) is 11.5. The average molecular weight is 451 g/mol. The number of fused-ring (bicyclic) bond motifs is 1. The van der Waals surface area contributed by atoms with Crippen LogP contribution in [0.5, 0.6) is 11.5 Å². The van der Waals surface area contributed by atoms with Crippen molar-refractivity contribution in [3.63, 3.8) is 0 Å². The van der Waals surface area contributed by atoms with Crippen LogP contribution in [0.1, 0.15) is 0 Å². The highest BCUT2D eigenvalue weighted by molar-refractivity contribution is 7.94. The van der Waals surface area contributed by atoms with E-state index in [2.05, 4.69) is 9.71 Å². The number of sulfonamides is 1. The number of nitrogens with zero attached hydrogens (tertiary/aromatic N) is 1. The first-order valence-corrected chi connectivity index (χ1v) is 11.1. The molecular formula is C19H12Cl2N2O3S2. The molecule has 0 spiro atoms. The second-order valence-electron chi connectivity index (χ2n) is 5.77. The van der Waals surface area contributed by atoms with Crippen LogP contribution in [0.3, 0.4) is 0 Å². The Morgan fingerprint density at radius 3 is 2.46 bits per heavy atom. The molecular weight excluding hydrogens is 439 g/mol. The van der Waals surface area contributed by atoms with E-state index in [4.69, 9.17) is 27.9 Å². The molecule has 0 radical (unpaired) electrons. The highest BCUT2D eigenvalue weighted by Gasteiger charge is 2.18. The third kappa shape index (κ3) is 3.93. The van der Waals surface area contributed by atoms with E-state index in [1.54, 1.807) is 17.6 Å². The zero-order valence-corrected chi connectivity index (χ0v) is 17.2. The van der Waals surface area contributed by atoms with E-state index >= 15 is 0 Å². The smallest absolute Gasteiger partial charge is 0.271 e. The summed E-state index contributed by atoms with van der Waals surface area (Å²) in [5.74, 6) is 0.689. The molecule has 0 saturated heterocycles. The highest BCUT2D eigenvalue weighted by Crippen LogP contribution is 2.39. The molecule has 2 heterocycles. The van der Waals surface area contributed by atoms with E-state index in [1.165, 1.54) is 18.2 Å². The summed E-state index contributed by atoms with van der Waals surface area (Å²) in [4.78, 5) is 4.33. The fourth-order valence-corrected chi connectivity index (χ4v) is 5.16. The van der Waals surface area contributed by atoms with Gasteiger partial charge < -0.3 is 4.74 Å². The van der Waals surface area contributed by atoms with Gasteiger partial charge in [-0.25, -0.2) is 8.42 Å². The minimum Gasteiger partial charge on any atom is -0.453 e. The van der Waals surface area contributed by atoms with Crippen molar-refractivity contribution in [3.8, 4) is 11.5 Å². The van der Waals surface area contributed by atoms with E-state index in [0.29, 0.717) is 5.75 Å². The number of para-hydroxylation sites is 1. The van der Waals surface area contributed by atoms with Gasteiger partial charge in [0.15, 0.2) is 5.75 Å². The van der Waals surface area contributed by atoms with E-state index in [9.17, 15) is 8.42 Å². The van der Waals surface area contributed by atoms with Crippen molar-refractivity contribution in [1.82, 2.24) is 4.98 Å². The van der Waals surface area contributed by atoms with Crippen LogP contribution in [0.4, 0.5) is 5.69 Å². The summed E-state index contributed by atoms with van der Waals surface area (Å²) < 4.78 is 33.2. The molecule has 0 saturated carbocycles. The number of hydrogen-bond donors (Lipinski definition) is 1. The third-order valence-electron chi connectivity index (χ3n) is 3.80. The van der Waals surface area contributed by atoms with Crippen LogP contribution in [-0.2, 0) is 10.0 Å². The zero-order valence-electron chi connectivity index (χ0n) is 14.1. The molecule has 0 aliphatic carbocycles. The van der Waals surface area contributed by atoms with Gasteiger partial charge in [-0.3, -0.25) is 9.71 Å². The van der Waals surface area contributed by atoms with Crippen LogP contribution in [0, 0.1) is 0 Å². The molecule has 0 bridgehead atoms. The molecule has 4 rings (SSSR count). The lowest BCUT2D eigenvalue weighted by molar-refractivity contribution is 0.482. The molecule has 0 unspecified atom stereocenters. The van der Waals surface area contributed by atoms with Crippen molar-refractivity contribution in [2.24, 2.45) is 0 Å². The molecule has 5 nitrogen and oxygen atoms in total. The maximum absolute atomic E-state index is 12.4. The molecule has 2 aromatic heterocycles. The quantitative estimate of drug-likeness (QED) is 0.393. The largest absolute Gasteiger partial charge is 0.453 e. The highest BCUT2D eigenvalue weighted by atomic mass is 35.5. The molecule has 0 atom stereocenters. The maximum atomic E-state index is 12.4. The van der Waals surface area contributed by atoms with Crippen molar-refractivity contribution in [2.45, 2.75) is 4.21 Å². The first-order chi connectivity index (χ1) is 13.4. The van der Waals surface area contributed by atoms with Crippen molar-refractivity contribution < 1.29 is 13.2 Å². The van der Waals surface area contributed by atoms with Crippen LogP contribution in [0.15, 0.2) is 70.4 Å². The second kappa shape index (κ2) is 7.60. The van der Waals surface area contributed by atoms with Crippen molar-refractivity contribution >= 4 is 61.2 Å². The first kappa shape index (κ1) is 19.0. The minimum atomic E-state index is -3.70. The van der Waals surface area contributed by atoms with Crippen LogP contribution in [0.2, 0.25) is 10.0 Å². The Morgan fingerprint density at radius 1 is 1.00 bits per heavy atom. The third-order valence-corrected chi connectivity index (χ3v) is 7.14. The number of rotatable bonds is 5. The SMILES string of the molecule is O=S(=O)(Nc1cc(Cl)c(Oc2cnc3ccccc3c2)c(Cl)c1)c1cccs1. The summed E-state index contributed by atoms with van der Waals surface area (Å²) in [5, 5.41) is 2.94. The van der Waals surface area contributed by atoms with Gasteiger partial charge in [0.2, 0.25) is 0 Å². The fraction of sp³-hybridized carbons (Fsp3) is 0. The van der Waals surface area contributed by atoms with Gasteiger partial charge in [-0.1, -0.05) is 47.5 Å². The number of nitrogens with one attached hydrogen (secondary N) is 1. The number of aromatic nitrogens is 1. The fourth-order valence-electron chi connectivity index (χ4n) is 2.56. The summed E-state index contributed by atoms with van der Waals surface area (Å²) in [6.45, 7) is 0. The number of pyridine rings is 1. The molecule has 142 valence electrons. The number of anilines is 1. The van der Waals surface area contributed by atoms with E-state index in [0.717, 1.165) is 22.2 Å². The van der Waals surface area contributed by atoms with Gasteiger partial charge in [0, 0.05) is 5.39 Å². The number of thiophene rings is 1.